The molecule has 1 atom stereocenters. The summed E-state index contributed by atoms with van der Waals surface area (Å²) >= 11 is 0. The summed E-state index contributed by atoms with van der Waals surface area (Å²) in [4.78, 5) is 36.3. The van der Waals surface area contributed by atoms with Crippen molar-refractivity contribution in [1.29, 1.82) is 0 Å². The fraction of sp³-hybridized carbons (Fsp3) is 0.300. The molecule has 1 fully saturated rings. The molecular weight excluding hydrogens is 344 g/mol. The lowest BCUT2D eigenvalue weighted by molar-refractivity contribution is -0.858. The zero-order chi connectivity index (χ0) is 19.4. The minimum absolute atomic E-state index is 0.0939. The summed E-state index contributed by atoms with van der Waals surface area (Å²) in [6.45, 7) is 1.30. The van der Waals surface area contributed by atoms with Crippen LogP contribution in [0.5, 0.6) is 0 Å². The zero-order valence-electron chi connectivity index (χ0n) is 15.4. The minimum Gasteiger partial charge on any atom is -0.507 e. The van der Waals surface area contributed by atoms with E-state index in [2.05, 4.69) is 9.97 Å². The van der Waals surface area contributed by atoms with Crippen molar-refractivity contribution in [3.8, 4) is 0 Å². The Bertz CT molecular complexity index is 850. The Kier molecular flexibility index (Phi) is 5.61. The van der Waals surface area contributed by atoms with Crippen LogP contribution in [0.25, 0.3) is 5.76 Å². The Morgan fingerprint density at radius 1 is 1.15 bits per heavy atom. The molecule has 2 aromatic heterocycles. The number of carbonyl (C=O) groups excluding carboxylic acids is 2. The molecule has 3 rings (SSSR count). The number of quaternary nitrogens is 1. The molecule has 3 heterocycles. The van der Waals surface area contributed by atoms with E-state index in [0.717, 1.165) is 13.0 Å². The third-order valence-electron chi connectivity index (χ3n) is 4.57. The molecule has 0 aromatic carbocycles. The highest BCUT2D eigenvalue weighted by Crippen LogP contribution is 2.38. The molecule has 0 spiro atoms. The number of pyridine rings is 2. The molecular formula is C20H23N4O3+. The first-order valence-corrected chi connectivity index (χ1v) is 8.88. The van der Waals surface area contributed by atoms with Crippen LogP contribution in [0.15, 0.2) is 54.6 Å². The first-order chi connectivity index (χ1) is 13.0. The molecule has 1 amide bonds. The predicted molar refractivity (Wildman–Crippen MR) is 99.8 cm³/mol. The number of aliphatic hydroxyl groups is 1. The highest BCUT2D eigenvalue weighted by atomic mass is 16.3. The Morgan fingerprint density at radius 2 is 1.89 bits per heavy atom. The maximum atomic E-state index is 12.8. The molecule has 140 valence electrons. The standard InChI is InChI=1S/C20H22N4O3/c1-23(2)11-4-12-24-17(15-5-3-8-22-13-15)16(19(26)20(24)27)18(25)14-6-9-21-10-7-14/h3,5-10,13,17,25H,4,11-12H2,1-2H3/p+1/b18-16-/t17-/m1/s1. The molecule has 0 bridgehead atoms. The highest BCUT2D eigenvalue weighted by Gasteiger charge is 2.45. The van der Waals surface area contributed by atoms with Gasteiger partial charge in [0.05, 0.1) is 32.3 Å². The van der Waals surface area contributed by atoms with Crippen LogP contribution in [0, 0.1) is 0 Å². The van der Waals surface area contributed by atoms with Crippen molar-refractivity contribution in [2.45, 2.75) is 12.5 Å². The van der Waals surface area contributed by atoms with E-state index in [1.165, 1.54) is 22.2 Å². The quantitative estimate of drug-likeness (QED) is 0.439. The van der Waals surface area contributed by atoms with Crippen LogP contribution in [0.2, 0.25) is 0 Å². The van der Waals surface area contributed by atoms with Gasteiger partial charge >= 0.3 is 0 Å². The molecule has 1 aliphatic heterocycles. The number of nitrogens with one attached hydrogen (secondary N) is 1. The number of amides is 1. The predicted octanol–water partition coefficient (Wildman–Crippen LogP) is 0.433. The van der Waals surface area contributed by atoms with Gasteiger partial charge in [0.25, 0.3) is 11.7 Å². The molecule has 1 saturated heterocycles. The second kappa shape index (κ2) is 8.09. The van der Waals surface area contributed by atoms with E-state index in [9.17, 15) is 14.7 Å². The second-order valence-electron chi connectivity index (χ2n) is 6.83. The Labute approximate surface area is 158 Å². The zero-order valence-corrected chi connectivity index (χ0v) is 15.4. The number of nitrogens with zero attached hydrogens (tertiary/aromatic N) is 3. The number of likely N-dealkylation sites (tertiary alicyclic amines) is 1. The maximum absolute atomic E-state index is 12.8. The van der Waals surface area contributed by atoms with E-state index >= 15 is 0 Å². The summed E-state index contributed by atoms with van der Waals surface area (Å²) in [5.74, 6) is -1.45. The fourth-order valence-electron chi connectivity index (χ4n) is 3.26. The van der Waals surface area contributed by atoms with Gasteiger partial charge in [-0.15, -0.1) is 0 Å². The van der Waals surface area contributed by atoms with Gasteiger partial charge < -0.3 is 14.9 Å². The van der Waals surface area contributed by atoms with Crippen molar-refractivity contribution in [3.05, 3.63) is 65.8 Å². The van der Waals surface area contributed by atoms with E-state index in [4.69, 9.17) is 0 Å². The summed E-state index contributed by atoms with van der Waals surface area (Å²) in [6.07, 6.45) is 7.07. The molecule has 7 nitrogen and oxygen atoms in total. The minimum atomic E-state index is -0.671. The van der Waals surface area contributed by atoms with Crippen molar-refractivity contribution >= 4 is 17.4 Å². The normalized spacial score (nSPS) is 19.1. The lowest BCUT2D eigenvalue weighted by Gasteiger charge is -2.25. The van der Waals surface area contributed by atoms with E-state index in [-0.39, 0.29) is 11.3 Å². The lowest BCUT2D eigenvalue weighted by Crippen LogP contribution is -3.05. The Balaban J connectivity index is 2.05. The molecule has 0 unspecified atom stereocenters. The van der Waals surface area contributed by atoms with Crippen LogP contribution in [0.3, 0.4) is 0 Å². The number of hydrogen-bond acceptors (Lipinski definition) is 5. The number of Topliss-reactive ketones (excluding diaryl/α,β-unsaturated/α-hetero) is 1. The number of carbonyl (C=O) groups is 2. The van der Waals surface area contributed by atoms with Crippen molar-refractivity contribution in [3.63, 3.8) is 0 Å². The topological polar surface area (TPSA) is 87.8 Å². The fourth-order valence-corrected chi connectivity index (χ4v) is 3.26. The van der Waals surface area contributed by atoms with Crippen LogP contribution in [0.4, 0.5) is 0 Å². The average molecular weight is 367 g/mol. The van der Waals surface area contributed by atoms with E-state index < -0.39 is 17.7 Å². The summed E-state index contributed by atoms with van der Waals surface area (Å²) in [7, 11) is 4.08. The van der Waals surface area contributed by atoms with Gasteiger partial charge in [0.2, 0.25) is 0 Å². The number of hydrogen-bond donors (Lipinski definition) is 2. The maximum Gasteiger partial charge on any atom is 0.295 e. The summed E-state index contributed by atoms with van der Waals surface area (Å²) in [5, 5.41) is 10.8. The third kappa shape index (κ3) is 3.88. The van der Waals surface area contributed by atoms with Gasteiger partial charge in [-0.25, -0.2) is 0 Å². The summed E-state index contributed by atoms with van der Waals surface area (Å²) in [6, 6.07) is 6.14. The summed E-state index contributed by atoms with van der Waals surface area (Å²) < 4.78 is 0. The van der Waals surface area contributed by atoms with E-state index in [1.807, 2.05) is 20.2 Å². The van der Waals surface area contributed by atoms with Crippen molar-refractivity contribution in [2.75, 3.05) is 27.2 Å². The summed E-state index contributed by atoms with van der Waals surface area (Å²) in [5.41, 5.74) is 1.25. The van der Waals surface area contributed by atoms with E-state index in [0.29, 0.717) is 17.7 Å². The molecule has 2 N–H and O–H groups in total. The van der Waals surface area contributed by atoms with Crippen LogP contribution in [-0.2, 0) is 9.59 Å². The third-order valence-corrected chi connectivity index (χ3v) is 4.57. The second-order valence-corrected chi connectivity index (χ2v) is 6.83. The lowest BCUT2D eigenvalue weighted by atomic mass is 9.96. The number of aliphatic hydroxyl groups excluding tert-OH is 1. The first-order valence-electron chi connectivity index (χ1n) is 8.88. The van der Waals surface area contributed by atoms with Gasteiger partial charge in [-0.1, -0.05) is 6.07 Å². The molecule has 0 radical (unpaired) electrons. The van der Waals surface area contributed by atoms with Gasteiger partial charge in [-0.05, 0) is 23.8 Å². The average Bonchev–Trinajstić information content (AvgIpc) is 2.93. The molecule has 7 heteroatoms. The van der Waals surface area contributed by atoms with Gasteiger partial charge in [0.15, 0.2) is 0 Å². The van der Waals surface area contributed by atoms with Crippen molar-refractivity contribution in [1.82, 2.24) is 14.9 Å². The molecule has 0 aliphatic carbocycles. The largest absolute Gasteiger partial charge is 0.507 e. The van der Waals surface area contributed by atoms with E-state index in [1.54, 1.807) is 30.6 Å². The van der Waals surface area contributed by atoms with Gasteiger partial charge in [0, 0.05) is 43.3 Å². The monoisotopic (exact) mass is 367 g/mol. The molecule has 2 aromatic rings. The number of ketones is 1. The van der Waals surface area contributed by atoms with Crippen LogP contribution in [-0.4, -0.2) is 58.8 Å². The molecule has 1 aliphatic rings. The molecule has 0 saturated carbocycles. The Hall–Kier alpha value is -3.06. The van der Waals surface area contributed by atoms with Crippen LogP contribution in [0.1, 0.15) is 23.6 Å². The first kappa shape index (κ1) is 18.7. The smallest absolute Gasteiger partial charge is 0.295 e. The van der Waals surface area contributed by atoms with Crippen molar-refractivity contribution in [2.24, 2.45) is 0 Å². The van der Waals surface area contributed by atoms with Gasteiger partial charge in [-0.2, -0.15) is 0 Å². The highest BCUT2D eigenvalue weighted by molar-refractivity contribution is 6.46. The SMILES string of the molecule is C[NH+](C)CCCN1C(=O)C(=O)/C(=C(\O)c2ccncc2)[C@H]1c1cccnc1. The Morgan fingerprint density at radius 3 is 2.52 bits per heavy atom. The number of rotatable bonds is 6. The van der Waals surface area contributed by atoms with Crippen molar-refractivity contribution < 1.29 is 19.6 Å². The molecule has 27 heavy (non-hydrogen) atoms. The van der Waals surface area contributed by atoms with Gasteiger partial charge in [-0.3, -0.25) is 19.6 Å². The van der Waals surface area contributed by atoms with Gasteiger partial charge in [0.1, 0.15) is 5.76 Å². The van der Waals surface area contributed by atoms with Crippen LogP contribution >= 0.6 is 0 Å². The van der Waals surface area contributed by atoms with Crippen LogP contribution < -0.4 is 4.90 Å². The number of aromatic nitrogens is 2.